The Morgan fingerprint density at radius 1 is 1.30 bits per heavy atom. The number of hydrogen-bond acceptors (Lipinski definition) is 2. The van der Waals surface area contributed by atoms with E-state index in [1.807, 2.05) is 0 Å². The van der Waals surface area contributed by atoms with Gasteiger partial charge in [-0.3, -0.25) is 0 Å². The molecule has 0 heterocycles. The first-order valence-electron chi connectivity index (χ1n) is 7.98. The lowest BCUT2D eigenvalue weighted by atomic mass is 10.1. The summed E-state index contributed by atoms with van der Waals surface area (Å²) >= 11 is 6.51. The summed E-state index contributed by atoms with van der Waals surface area (Å²) in [5.41, 5.74) is 2.52. The smallest absolute Gasteiger partial charge is 0.0474 e. The minimum Gasteiger partial charge on any atom is -0.368 e. The number of nitrogens with zero attached hydrogens (tertiary/aromatic N) is 1. The molecule has 2 aliphatic rings. The van der Waals surface area contributed by atoms with Crippen molar-refractivity contribution in [2.75, 3.05) is 18.0 Å². The number of anilines is 1. The van der Waals surface area contributed by atoms with Gasteiger partial charge in [0, 0.05) is 29.3 Å². The van der Waals surface area contributed by atoms with Crippen molar-refractivity contribution in [1.82, 2.24) is 5.32 Å². The highest BCUT2D eigenvalue weighted by atomic mass is 35.5. The molecule has 2 fully saturated rings. The minimum atomic E-state index is 0.319. The Labute approximate surface area is 127 Å². The van der Waals surface area contributed by atoms with Gasteiger partial charge in [0.05, 0.1) is 0 Å². The summed E-state index contributed by atoms with van der Waals surface area (Å²) in [5, 5.41) is 4.33. The lowest BCUT2D eigenvalue weighted by molar-refractivity contribution is 0.598. The second-order valence-corrected chi connectivity index (χ2v) is 6.72. The number of rotatable bonds is 7. The fourth-order valence-corrected chi connectivity index (χ4v) is 3.23. The summed E-state index contributed by atoms with van der Waals surface area (Å²) in [6, 6.07) is 7.72. The Morgan fingerprint density at radius 2 is 2.05 bits per heavy atom. The van der Waals surface area contributed by atoms with E-state index in [0.29, 0.717) is 6.04 Å². The maximum Gasteiger partial charge on any atom is 0.0474 e. The standard InChI is InChI=1S/C17H25ClN2/c1-3-19-12(2)16-9-8-15(10-17(16)18)20(14-6-7-14)11-13-4-5-13/h8-10,12-14,19H,3-7,11H2,1-2H3. The van der Waals surface area contributed by atoms with Gasteiger partial charge in [-0.25, -0.2) is 0 Å². The molecule has 0 aliphatic heterocycles. The zero-order chi connectivity index (χ0) is 14.1. The van der Waals surface area contributed by atoms with Gasteiger partial charge >= 0.3 is 0 Å². The van der Waals surface area contributed by atoms with Gasteiger partial charge in [-0.1, -0.05) is 24.6 Å². The Balaban J connectivity index is 1.77. The lowest BCUT2D eigenvalue weighted by Gasteiger charge is -2.26. The summed E-state index contributed by atoms with van der Waals surface area (Å²) in [5.74, 6) is 0.926. The van der Waals surface area contributed by atoms with E-state index in [-0.39, 0.29) is 0 Å². The fourth-order valence-electron chi connectivity index (χ4n) is 2.89. The van der Waals surface area contributed by atoms with Crippen LogP contribution in [0.5, 0.6) is 0 Å². The van der Waals surface area contributed by atoms with Gasteiger partial charge in [0.1, 0.15) is 0 Å². The van der Waals surface area contributed by atoms with Gasteiger partial charge in [0.15, 0.2) is 0 Å². The molecule has 0 bridgehead atoms. The maximum absolute atomic E-state index is 6.51. The zero-order valence-corrected chi connectivity index (χ0v) is 13.3. The van der Waals surface area contributed by atoms with Crippen LogP contribution in [0, 0.1) is 5.92 Å². The molecule has 0 spiro atoms. The van der Waals surface area contributed by atoms with Crippen LogP contribution >= 0.6 is 11.6 Å². The first-order chi connectivity index (χ1) is 9.69. The summed E-state index contributed by atoms with van der Waals surface area (Å²) in [4.78, 5) is 2.59. The van der Waals surface area contributed by atoms with Gasteiger partial charge in [0.2, 0.25) is 0 Å². The van der Waals surface area contributed by atoms with Crippen LogP contribution < -0.4 is 10.2 Å². The number of benzene rings is 1. The van der Waals surface area contributed by atoms with Crippen molar-refractivity contribution < 1.29 is 0 Å². The van der Waals surface area contributed by atoms with Crippen LogP contribution in [0.1, 0.15) is 51.1 Å². The normalized spacial score (nSPS) is 19.9. The SMILES string of the molecule is CCNC(C)c1ccc(N(CC2CC2)C2CC2)cc1Cl. The first kappa shape index (κ1) is 14.2. The molecule has 3 heteroatoms. The Kier molecular flexibility index (Phi) is 4.23. The second-order valence-electron chi connectivity index (χ2n) is 6.31. The number of nitrogens with one attached hydrogen (secondary N) is 1. The van der Waals surface area contributed by atoms with Crippen LogP contribution in [0.3, 0.4) is 0 Å². The third-order valence-electron chi connectivity index (χ3n) is 4.43. The third-order valence-corrected chi connectivity index (χ3v) is 4.76. The molecular formula is C17H25ClN2. The van der Waals surface area contributed by atoms with Crippen molar-refractivity contribution in [3.63, 3.8) is 0 Å². The monoisotopic (exact) mass is 292 g/mol. The molecule has 20 heavy (non-hydrogen) atoms. The molecule has 0 saturated heterocycles. The Morgan fingerprint density at radius 3 is 2.60 bits per heavy atom. The van der Waals surface area contributed by atoms with E-state index in [1.54, 1.807) is 0 Å². The van der Waals surface area contributed by atoms with E-state index in [2.05, 4.69) is 42.3 Å². The van der Waals surface area contributed by atoms with Crippen LogP contribution in [0.2, 0.25) is 5.02 Å². The highest BCUT2D eigenvalue weighted by molar-refractivity contribution is 6.31. The molecule has 0 amide bonds. The molecule has 3 rings (SSSR count). The summed E-state index contributed by atoms with van der Waals surface area (Å²) in [7, 11) is 0. The van der Waals surface area contributed by atoms with Crippen LogP contribution in [-0.2, 0) is 0 Å². The van der Waals surface area contributed by atoms with E-state index in [9.17, 15) is 0 Å². The largest absolute Gasteiger partial charge is 0.368 e. The van der Waals surface area contributed by atoms with Crippen LogP contribution in [0.15, 0.2) is 18.2 Å². The highest BCUT2D eigenvalue weighted by Crippen LogP contribution is 2.39. The van der Waals surface area contributed by atoms with Gasteiger partial charge in [-0.05, 0) is 62.8 Å². The summed E-state index contributed by atoms with van der Waals surface area (Å²) in [6.07, 6.45) is 5.51. The van der Waals surface area contributed by atoms with Gasteiger partial charge in [-0.2, -0.15) is 0 Å². The van der Waals surface area contributed by atoms with Crippen molar-refractivity contribution in [1.29, 1.82) is 0 Å². The molecule has 1 atom stereocenters. The minimum absolute atomic E-state index is 0.319. The molecule has 1 unspecified atom stereocenters. The third kappa shape index (κ3) is 3.29. The molecule has 0 radical (unpaired) electrons. The molecule has 0 aromatic heterocycles. The molecule has 2 aliphatic carbocycles. The topological polar surface area (TPSA) is 15.3 Å². The average Bonchev–Trinajstić information content (AvgIpc) is 3.28. The molecule has 1 aromatic carbocycles. The van der Waals surface area contributed by atoms with E-state index >= 15 is 0 Å². The number of halogens is 1. The predicted octanol–water partition coefficient (Wildman–Crippen LogP) is 4.39. The van der Waals surface area contributed by atoms with Crippen LogP contribution in [0.4, 0.5) is 5.69 Å². The fraction of sp³-hybridized carbons (Fsp3) is 0.647. The zero-order valence-electron chi connectivity index (χ0n) is 12.5. The van der Waals surface area contributed by atoms with Gasteiger partial charge in [0.25, 0.3) is 0 Å². The second kappa shape index (κ2) is 5.95. The van der Waals surface area contributed by atoms with Crippen molar-refractivity contribution >= 4 is 17.3 Å². The molecule has 1 aromatic rings. The highest BCUT2D eigenvalue weighted by Gasteiger charge is 2.34. The van der Waals surface area contributed by atoms with Crippen molar-refractivity contribution in [3.05, 3.63) is 28.8 Å². The van der Waals surface area contributed by atoms with E-state index in [0.717, 1.165) is 23.5 Å². The van der Waals surface area contributed by atoms with Crippen molar-refractivity contribution in [3.8, 4) is 0 Å². The Bertz CT molecular complexity index is 466. The molecule has 1 N–H and O–H groups in total. The Hall–Kier alpha value is -0.730. The molecule has 2 nitrogen and oxygen atoms in total. The maximum atomic E-state index is 6.51. The summed E-state index contributed by atoms with van der Waals surface area (Å²) < 4.78 is 0. The first-order valence-corrected chi connectivity index (χ1v) is 8.36. The lowest BCUT2D eigenvalue weighted by Crippen LogP contribution is -2.28. The number of hydrogen-bond donors (Lipinski definition) is 1. The van der Waals surface area contributed by atoms with Gasteiger partial charge in [-0.15, -0.1) is 0 Å². The average molecular weight is 293 g/mol. The molecule has 2 saturated carbocycles. The van der Waals surface area contributed by atoms with Crippen molar-refractivity contribution in [2.24, 2.45) is 5.92 Å². The molecule has 110 valence electrons. The predicted molar refractivity (Wildman–Crippen MR) is 86.6 cm³/mol. The quantitative estimate of drug-likeness (QED) is 0.802. The van der Waals surface area contributed by atoms with E-state index < -0.39 is 0 Å². The van der Waals surface area contributed by atoms with Gasteiger partial charge < -0.3 is 10.2 Å². The van der Waals surface area contributed by atoms with E-state index in [1.165, 1.54) is 43.5 Å². The van der Waals surface area contributed by atoms with Crippen LogP contribution in [0.25, 0.3) is 0 Å². The van der Waals surface area contributed by atoms with E-state index in [4.69, 9.17) is 11.6 Å². The summed E-state index contributed by atoms with van der Waals surface area (Å²) in [6.45, 7) is 6.49. The molecular weight excluding hydrogens is 268 g/mol. The van der Waals surface area contributed by atoms with Crippen LogP contribution in [-0.4, -0.2) is 19.1 Å². The van der Waals surface area contributed by atoms with Crippen molar-refractivity contribution in [2.45, 2.75) is 51.6 Å².